The highest BCUT2D eigenvalue weighted by Crippen LogP contribution is 2.25. The Hall–Kier alpha value is -5.63. The van der Waals surface area contributed by atoms with Crippen LogP contribution < -0.4 is 16.0 Å². The summed E-state index contributed by atoms with van der Waals surface area (Å²) < 4.78 is 35.2. The molecular formula is C30H25FN4O9. The van der Waals surface area contributed by atoms with E-state index in [1.54, 1.807) is 36.4 Å². The zero-order valence-corrected chi connectivity index (χ0v) is 23.2. The van der Waals surface area contributed by atoms with Gasteiger partial charge in [-0.25, -0.2) is 14.0 Å². The fraction of sp³-hybridized carbons (Fsp3) is 0.200. The number of ether oxygens (including phenoxy) is 3. The number of aromatic amines is 1. The van der Waals surface area contributed by atoms with Gasteiger partial charge in [-0.15, -0.1) is 0 Å². The van der Waals surface area contributed by atoms with Gasteiger partial charge < -0.3 is 24.4 Å². The van der Waals surface area contributed by atoms with Gasteiger partial charge in [-0.3, -0.25) is 23.9 Å². The predicted molar refractivity (Wildman–Crippen MR) is 151 cm³/mol. The minimum atomic E-state index is -1.71. The third-order valence-electron chi connectivity index (χ3n) is 6.46. The van der Waals surface area contributed by atoms with Crippen LogP contribution in [-0.2, 0) is 35.2 Å². The lowest BCUT2D eigenvalue weighted by atomic mass is 10.1. The number of hydrogen-bond donors (Lipinski definition) is 2. The largest absolute Gasteiger partial charge is 0.457 e. The number of morpholine rings is 1. The third kappa shape index (κ3) is 7.04. The van der Waals surface area contributed by atoms with Crippen LogP contribution >= 0.6 is 0 Å². The SMILES string of the molecule is CC(=O)O[C@@H](C(=O)Nc1ccc(-c2noc(=O)[nH]2)cc1)[C@H]1OCCN(c2cc(F)cc(C(=O)OCc3ccccc3)c2)C1=O. The number of benzene rings is 3. The van der Waals surface area contributed by atoms with E-state index in [0.29, 0.717) is 5.56 Å². The van der Waals surface area contributed by atoms with Gasteiger partial charge in [0.1, 0.15) is 12.4 Å². The average molecular weight is 605 g/mol. The van der Waals surface area contributed by atoms with Crippen LogP contribution in [0.1, 0.15) is 22.8 Å². The number of carbonyl (C=O) groups is 4. The van der Waals surface area contributed by atoms with Crippen molar-refractivity contribution in [3.63, 3.8) is 0 Å². The summed E-state index contributed by atoms with van der Waals surface area (Å²) in [4.78, 5) is 66.2. The molecule has 0 aliphatic carbocycles. The van der Waals surface area contributed by atoms with Gasteiger partial charge in [0.05, 0.1) is 12.2 Å². The molecule has 4 aromatic rings. The molecule has 13 nitrogen and oxygen atoms in total. The number of carbonyl (C=O) groups excluding carboxylic acids is 4. The van der Waals surface area contributed by atoms with Crippen molar-refractivity contribution in [2.75, 3.05) is 23.4 Å². The third-order valence-corrected chi connectivity index (χ3v) is 6.46. The van der Waals surface area contributed by atoms with Crippen LogP contribution in [0.2, 0.25) is 0 Å². The van der Waals surface area contributed by atoms with Crippen molar-refractivity contribution in [1.29, 1.82) is 0 Å². The first-order chi connectivity index (χ1) is 21.2. The van der Waals surface area contributed by atoms with E-state index in [2.05, 4.69) is 20.0 Å². The lowest BCUT2D eigenvalue weighted by Gasteiger charge is -2.35. The Morgan fingerprint density at radius 3 is 2.52 bits per heavy atom. The maximum Gasteiger partial charge on any atom is 0.439 e. The summed E-state index contributed by atoms with van der Waals surface area (Å²) in [5, 5.41) is 6.15. The van der Waals surface area contributed by atoms with Crippen LogP contribution in [0, 0.1) is 5.82 Å². The number of hydrogen-bond acceptors (Lipinski definition) is 10. The summed E-state index contributed by atoms with van der Waals surface area (Å²) in [5.74, 6) is -4.66. The van der Waals surface area contributed by atoms with Crippen molar-refractivity contribution in [3.05, 3.63) is 100 Å². The number of rotatable bonds is 9. The smallest absolute Gasteiger partial charge is 0.439 e. The summed E-state index contributed by atoms with van der Waals surface area (Å²) >= 11 is 0. The van der Waals surface area contributed by atoms with Crippen LogP contribution in [-0.4, -0.2) is 59.3 Å². The lowest BCUT2D eigenvalue weighted by Crippen LogP contribution is -2.56. The zero-order valence-electron chi connectivity index (χ0n) is 23.2. The van der Waals surface area contributed by atoms with Gasteiger partial charge in [-0.2, -0.15) is 0 Å². The van der Waals surface area contributed by atoms with Crippen molar-refractivity contribution in [2.45, 2.75) is 25.7 Å². The van der Waals surface area contributed by atoms with Gasteiger partial charge >= 0.3 is 17.7 Å². The Kier molecular flexibility index (Phi) is 8.90. The number of nitrogens with one attached hydrogen (secondary N) is 2. The first kappa shape index (κ1) is 29.8. The molecule has 2 atom stereocenters. The highest BCUT2D eigenvalue weighted by atomic mass is 19.1. The molecule has 0 saturated carbocycles. The van der Waals surface area contributed by atoms with E-state index in [4.69, 9.17) is 14.2 Å². The van der Waals surface area contributed by atoms with Crippen LogP contribution in [0.4, 0.5) is 15.8 Å². The summed E-state index contributed by atoms with van der Waals surface area (Å²) in [6.45, 7) is 0.915. The van der Waals surface area contributed by atoms with Crippen molar-refractivity contribution < 1.29 is 42.3 Å². The van der Waals surface area contributed by atoms with Crippen molar-refractivity contribution in [2.24, 2.45) is 0 Å². The Bertz CT molecular complexity index is 1740. The van der Waals surface area contributed by atoms with Gasteiger partial charge in [0.2, 0.25) is 6.10 Å². The maximum atomic E-state index is 14.6. The Balaban J connectivity index is 1.32. The molecule has 0 unspecified atom stereocenters. The number of anilines is 2. The number of halogens is 1. The molecule has 0 spiro atoms. The van der Waals surface area contributed by atoms with E-state index < -0.39 is 47.5 Å². The van der Waals surface area contributed by atoms with Gasteiger partial charge in [-0.05, 0) is 48.0 Å². The van der Waals surface area contributed by atoms with Crippen LogP contribution in [0.3, 0.4) is 0 Å². The first-order valence-electron chi connectivity index (χ1n) is 13.3. The highest BCUT2D eigenvalue weighted by molar-refractivity contribution is 6.05. The van der Waals surface area contributed by atoms with Crippen LogP contribution in [0.25, 0.3) is 11.4 Å². The summed E-state index contributed by atoms with van der Waals surface area (Å²) in [6.07, 6.45) is -3.29. The van der Waals surface area contributed by atoms with E-state index in [9.17, 15) is 28.4 Å². The lowest BCUT2D eigenvalue weighted by molar-refractivity contribution is -0.167. The Labute approximate surface area is 248 Å². The number of esters is 2. The molecule has 1 aromatic heterocycles. The van der Waals surface area contributed by atoms with Crippen LogP contribution in [0.5, 0.6) is 0 Å². The van der Waals surface area contributed by atoms with E-state index >= 15 is 0 Å². The fourth-order valence-corrected chi connectivity index (χ4v) is 4.44. The molecule has 226 valence electrons. The molecule has 3 aromatic carbocycles. The molecule has 2 N–H and O–H groups in total. The standard InChI is InChI=1S/C30H25FN4O9/c1-17(36)43-24(27(37)32-22-9-7-19(8-10-22)26-33-30(40)44-34-26)25-28(38)35(11-12-41-25)23-14-20(13-21(31)15-23)29(39)42-16-18-5-3-2-4-6-18/h2-10,13-15,24-25H,11-12,16H2,1H3,(H,32,37)(H,33,34,40)/t24-,25-/m1/s1. The second-order valence-corrected chi connectivity index (χ2v) is 9.58. The summed E-state index contributed by atoms with van der Waals surface area (Å²) in [7, 11) is 0. The molecule has 14 heteroatoms. The maximum absolute atomic E-state index is 14.6. The minimum absolute atomic E-state index is 0.0263. The molecule has 1 aliphatic rings. The van der Waals surface area contributed by atoms with Crippen molar-refractivity contribution in [3.8, 4) is 11.4 Å². The Morgan fingerprint density at radius 1 is 1.09 bits per heavy atom. The second kappa shape index (κ2) is 13.1. The predicted octanol–water partition coefficient (Wildman–Crippen LogP) is 2.83. The van der Waals surface area contributed by atoms with E-state index in [1.165, 1.54) is 18.2 Å². The summed E-state index contributed by atoms with van der Waals surface area (Å²) in [6, 6.07) is 18.3. The van der Waals surface area contributed by atoms with Gasteiger partial charge in [0.25, 0.3) is 11.8 Å². The number of aromatic nitrogens is 2. The van der Waals surface area contributed by atoms with E-state index in [0.717, 1.165) is 29.5 Å². The average Bonchev–Trinajstić information content (AvgIpc) is 3.45. The molecular weight excluding hydrogens is 579 g/mol. The molecule has 44 heavy (non-hydrogen) atoms. The highest BCUT2D eigenvalue weighted by Gasteiger charge is 2.43. The van der Waals surface area contributed by atoms with Crippen molar-refractivity contribution in [1.82, 2.24) is 10.1 Å². The Morgan fingerprint density at radius 2 is 1.84 bits per heavy atom. The minimum Gasteiger partial charge on any atom is -0.457 e. The van der Waals surface area contributed by atoms with Gasteiger partial charge in [0.15, 0.2) is 11.9 Å². The topological polar surface area (TPSA) is 170 Å². The van der Waals surface area contributed by atoms with Crippen LogP contribution in [0.15, 0.2) is 82.1 Å². The molecule has 1 fully saturated rings. The molecule has 0 radical (unpaired) electrons. The number of H-pyrrole nitrogens is 1. The van der Waals surface area contributed by atoms with Gasteiger partial charge in [0, 0.05) is 30.4 Å². The second-order valence-electron chi connectivity index (χ2n) is 9.58. The molecule has 1 aliphatic heterocycles. The molecule has 5 rings (SSSR count). The fourth-order valence-electron chi connectivity index (χ4n) is 4.44. The van der Waals surface area contributed by atoms with E-state index in [-0.39, 0.29) is 42.5 Å². The van der Waals surface area contributed by atoms with E-state index in [1.807, 2.05) is 6.07 Å². The number of amides is 2. The first-order valence-corrected chi connectivity index (χ1v) is 13.3. The van der Waals surface area contributed by atoms with Gasteiger partial charge in [-0.1, -0.05) is 35.5 Å². The summed E-state index contributed by atoms with van der Waals surface area (Å²) in [5.41, 5.74) is 1.40. The normalized spacial score (nSPS) is 15.4. The molecule has 2 amide bonds. The monoisotopic (exact) mass is 604 g/mol. The number of nitrogens with zero attached hydrogens (tertiary/aromatic N) is 2. The molecule has 1 saturated heterocycles. The van der Waals surface area contributed by atoms with Crippen molar-refractivity contribution >= 4 is 35.1 Å². The molecule has 0 bridgehead atoms. The quantitative estimate of drug-likeness (QED) is 0.271. The molecule has 2 heterocycles. The zero-order chi connectivity index (χ0) is 31.2.